The Balaban J connectivity index is 2.75. The van der Waals surface area contributed by atoms with E-state index in [1.807, 2.05) is 0 Å². The fraction of sp³-hybridized carbons (Fsp3) is 0.182. The van der Waals surface area contributed by atoms with Crippen molar-refractivity contribution in [1.29, 1.82) is 0 Å². The summed E-state index contributed by atoms with van der Waals surface area (Å²) >= 11 is 3.15. The first-order valence-corrected chi connectivity index (χ1v) is 4.93. The predicted molar refractivity (Wildman–Crippen MR) is 57.6 cm³/mol. The van der Waals surface area contributed by atoms with E-state index in [0.717, 1.165) is 0 Å². The van der Waals surface area contributed by atoms with Crippen molar-refractivity contribution in [3.8, 4) is 11.8 Å². The van der Waals surface area contributed by atoms with Gasteiger partial charge in [-0.05, 0) is 18.2 Å². The summed E-state index contributed by atoms with van der Waals surface area (Å²) in [5, 5.41) is 0. The second-order valence-electron chi connectivity index (χ2n) is 2.71. The van der Waals surface area contributed by atoms with Crippen molar-refractivity contribution in [1.82, 2.24) is 0 Å². The Kier molecular flexibility index (Phi) is 4.32. The predicted octanol–water partition coefficient (Wildman–Crippen LogP) is 2.50. The molecular formula is C11H8BrFO2. The monoisotopic (exact) mass is 270 g/mol. The largest absolute Gasteiger partial charge is 0.468 e. The normalized spacial score (nSPS) is 9.00. The van der Waals surface area contributed by atoms with Crippen molar-refractivity contribution in [2.24, 2.45) is 0 Å². The summed E-state index contributed by atoms with van der Waals surface area (Å²) in [6.07, 6.45) is 0.00460. The molecule has 1 rings (SSSR count). The summed E-state index contributed by atoms with van der Waals surface area (Å²) in [6.45, 7) is 0. The van der Waals surface area contributed by atoms with Gasteiger partial charge in [-0.2, -0.15) is 0 Å². The highest BCUT2D eigenvalue weighted by molar-refractivity contribution is 9.10. The van der Waals surface area contributed by atoms with Gasteiger partial charge in [0.15, 0.2) is 0 Å². The maximum Gasteiger partial charge on any atom is 0.317 e. The molecule has 2 nitrogen and oxygen atoms in total. The third-order valence-electron chi connectivity index (χ3n) is 1.56. The van der Waals surface area contributed by atoms with E-state index in [1.165, 1.54) is 19.2 Å². The topological polar surface area (TPSA) is 26.3 Å². The Labute approximate surface area is 95.6 Å². The Hall–Kier alpha value is -1.34. The second-order valence-corrected chi connectivity index (χ2v) is 3.63. The van der Waals surface area contributed by atoms with E-state index in [9.17, 15) is 9.18 Å². The lowest BCUT2D eigenvalue weighted by Crippen LogP contribution is -1.97. The van der Waals surface area contributed by atoms with Gasteiger partial charge in [0, 0.05) is 10.0 Å². The van der Waals surface area contributed by atoms with Crippen molar-refractivity contribution in [2.45, 2.75) is 6.42 Å². The van der Waals surface area contributed by atoms with E-state index < -0.39 is 5.97 Å². The Bertz CT molecular complexity index is 412. The highest BCUT2D eigenvalue weighted by Gasteiger charge is 1.97. The van der Waals surface area contributed by atoms with Gasteiger partial charge in [0.05, 0.1) is 7.11 Å². The number of esters is 1. The lowest BCUT2D eigenvalue weighted by molar-refractivity contribution is -0.139. The molecule has 15 heavy (non-hydrogen) atoms. The first-order valence-electron chi connectivity index (χ1n) is 4.13. The number of rotatable bonds is 1. The molecule has 0 atom stereocenters. The molecule has 0 heterocycles. The van der Waals surface area contributed by atoms with Crippen molar-refractivity contribution in [2.75, 3.05) is 7.11 Å². The first-order chi connectivity index (χ1) is 7.11. The van der Waals surface area contributed by atoms with Crippen LogP contribution in [0.4, 0.5) is 4.39 Å². The summed E-state index contributed by atoms with van der Waals surface area (Å²) in [6, 6.07) is 4.31. The van der Waals surface area contributed by atoms with Gasteiger partial charge in [-0.1, -0.05) is 27.8 Å². The summed E-state index contributed by atoms with van der Waals surface area (Å²) in [5.41, 5.74) is 0.519. The van der Waals surface area contributed by atoms with Crippen LogP contribution in [-0.4, -0.2) is 13.1 Å². The summed E-state index contributed by atoms with van der Waals surface area (Å²) < 4.78 is 17.9. The van der Waals surface area contributed by atoms with Gasteiger partial charge in [-0.25, -0.2) is 4.39 Å². The zero-order valence-electron chi connectivity index (χ0n) is 8.01. The molecule has 0 aliphatic rings. The third kappa shape index (κ3) is 4.13. The van der Waals surface area contributed by atoms with Gasteiger partial charge in [0.25, 0.3) is 0 Å². The van der Waals surface area contributed by atoms with Crippen molar-refractivity contribution < 1.29 is 13.9 Å². The number of carbonyl (C=O) groups is 1. The first kappa shape index (κ1) is 11.7. The van der Waals surface area contributed by atoms with Gasteiger partial charge in [-0.15, -0.1) is 0 Å². The molecule has 1 aromatic rings. The van der Waals surface area contributed by atoms with E-state index in [2.05, 4.69) is 32.5 Å². The smallest absolute Gasteiger partial charge is 0.317 e. The van der Waals surface area contributed by atoms with Crippen molar-refractivity contribution >= 4 is 21.9 Å². The van der Waals surface area contributed by atoms with Crippen LogP contribution in [0.15, 0.2) is 22.7 Å². The molecule has 0 aliphatic carbocycles. The van der Waals surface area contributed by atoms with Crippen LogP contribution in [0.3, 0.4) is 0 Å². The minimum Gasteiger partial charge on any atom is -0.468 e. The van der Waals surface area contributed by atoms with Crippen LogP contribution < -0.4 is 0 Å². The molecular weight excluding hydrogens is 263 g/mol. The van der Waals surface area contributed by atoms with E-state index >= 15 is 0 Å². The van der Waals surface area contributed by atoms with Crippen LogP contribution in [0.2, 0.25) is 0 Å². The number of hydrogen-bond acceptors (Lipinski definition) is 2. The maximum absolute atomic E-state index is 12.9. The lowest BCUT2D eigenvalue weighted by Gasteiger charge is -1.94. The quantitative estimate of drug-likeness (QED) is 0.579. The minimum absolute atomic E-state index is 0.00460. The molecule has 1 aromatic carbocycles. The number of benzene rings is 1. The van der Waals surface area contributed by atoms with Crippen LogP contribution >= 0.6 is 15.9 Å². The molecule has 0 aliphatic heterocycles. The molecule has 0 fully saturated rings. The van der Waals surface area contributed by atoms with Crippen molar-refractivity contribution in [3.05, 3.63) is 34.1 Å². The number of carbonyl (C=O) groups excluding carboxylic acids is 1. The van der Waals surface area contributed by atoms with E-state index in [1.54, 1.807) is 6.07 Å². The van der Waals surface area contributed by atoms with Gasteiger partial charge in [0.1, 0.15) is 12.2 Å². The fourth-order valence-corrected chi connectivity index (χ4v) is 1.38. The van der Waals surface area contributed by atoms with Crippen LogP contribution in [-0.2, 0) is 9.53 Å². The average Bonchev–Trinajstić information content (AvgIpc) is 2.16. The molecule has 0 unspecified atom stereocenters. The zero-order chi connectivity index (χ0) is 11.3. The number of ether oxygens (including phenoxy) is 1. The van der Waals surface area contributed by atoms with Gasteiger partial charge in [0.2, 0.25) is 0 Å². The van der Waals surface area contributed by atoms with E-state index in [-0.39, 0.29) is 12.2 Å². The number of hydrogen-bond donors (Lipinski definition) is 0. The second kappa shape index (κ2) is 5.52. The minimum atomic E-state index is -0.405. The molecule has 0 N–H and O–H groups in total. The Morgan fingerprint density at radius 1 is 1.53 bits per heavy atom. The fourth-order valence-electron chi connectivity index (χ4n) is 0.917. The molecule has 0 spiro atoms. The zero-order valence-corrected chi connectivity index (χ0v) is 9.60. The molecule has 0 bridgehead atoms. The Morgan fingerprint density at radius 2 is 2.27 bits per heavy atom. The van der Waals surface area contributed by atoms with Gasteiger partial charge < -0.3 is 4.74 Å². The standard InChI is InChI=1S/C11H8BrFO2/c1-15-11(14)4-2-3-8-5-9(12)7-10(13)6-8/h5-7H,4H2,1H3. The van der Waals surface area contributed by atoms with E-state index in [4.69, 9.17) is 0 Å². The molecule has 0 radical (unpaired) electrons. The summed E-state index contributed by atoms with van der Waals surface area (Å²) in [5.74, 6) is 4.49. The molecule has 4 heteroatoms. The van der Waals surface area contributed by atoms with Crippen LogP contribution in [0.1, 0.15) is 12.0 Å². The number of methoxy groups -OCH3 is 1. The SMILES string of the molecule is COC(=O)CC#Cc1cc(F)cc(Br)c1. The van der Waals surface area contributed by atoms with Crippen molar-refractivity contribution in [3.63, 3.8) is 0 Å². The highest BCUT2D eigenvalue weighted by Crippen LogP contribution is 2.13. The lowest BCUT2D eigenvalue weighted by atomic mass is 10.2. The van der Waals surface area contributed by atoms with Crippen LogP contribution in [0.5, 0.6) is 0 Å². The molecule has 0 aromatic heterocycles. The van der Waals surface area contributed by atoms with Gasteiger partial charge >= 0.3 is 5.97 Å². The maximum atomic E-state index is 12.9. The third-order valence-corrected chi connectivity index (χ3v) is 2.01. The summed E-state index contributed by atoms with van der Waals surface area (Å²) in [7, 11) is 1.29. The number of halogens is 2. The molecule has 0 saturated heterocycles. The molecule has 0 saturated carbocycles. The van der Waals surface area contributed by atoms with Crippen LogP contribution in [0.25, 0.3) is 0 Å². The summed E-state index contributed by atoms with van der Waals surface area (Å²) in [4.78, 5) is 10.7. The van der Waals surface area contributed by atoms with Gasteiger partial charge in [-0.3, -0.25) is 4.79 Å². The van der Waals surface area contributed by atoms with Crippen LogP contribution in [0, 0.1) is 17.7 Å². The Morgan fingerprint density at radius 3 is 2.87 bits per heavy atom. The van der Waals surface area contributed by atoms with E-state index in [0.29, 0.717) is 10.0 Å². The molecule has 78 valence electrons. The average molecular weight is 271 g/mol. The highest BCUT2D eigenvalue weighted by atomic mass is 79.9. The molecule has 0 amide bonds.